The molecule has 0 aliphatic heterocycles. The maximum absolute atomic E-state index is 12.2. The van der Waals surface area contributed by atoms with Crippen LogP contribution in [0.3, 0.4) is 0 Å². The lowest BCUT2D eigenvalue weighted by Crippen LogP contribution is -2.29. The number of ether oxygens (including phenoxy) is 2. The van der Waals surface area contributed by atoms with Crippen LogP contribution in [0.2, 0.25) is 5.15 Å². The number of methoxy groups -OCH3 is 1. The summed E-state index contributed by atoms with van der Waals surface area (Å²) < 4.78 is 10.4. The van der Waals surface area contributed by atoms with Gasteiger partial charge >= 0.3 is 5.97 Å². The van der Waals surface area contributed by atoms with Gasteiger partial charge in [-0.05, 0) is 59.7 Å². The van der Waals surface area contributed by atoms with Crippen LogP contribution in [0, 0.1) is 0 Å². The Morgan fingerprint density at radius 1 is 1.14 bits per heavy atom. The van der Waals surface area contributed by atoms with E-state index in [4.69, 9.17) is 21.1 Å². The minimum Gasteiger partial charge on any atom is -0.497 e. The number of pyridine rings is 1. The molecule has 148 valence electrons. The first-order chi connectivity index (χ1) is 14.0. The van der Waals surface area contributed by atoms with Crippen molar-refractivity contribution in [3.8, 4) is 5.75 Å². The summed E-state index contributed by atoms with van der Waals surface area (Å²) in [5.41, 5.74) is 1.18. The van der Waals surface area contributed by atoms with E-state index >= 15 is 0 Å². The predicted molar refractivity (Wildman–Crippen MR) is 113 cm³/mol. The molecule has 0 radical (unpaired) electrons. The average Bonchev–Trinajstić information content (AvgIpc) is 2.73. The van der Waals surface area contributed by atoms with Crippen LogP contribution in [0.15, 0.2) is 60.8 Å². The molecule has 0 bridgehead atoms. The first-order valence-corrected chi connectivity index (χ1v) is 9.22. The molecule has 0 fully saturated rings. The van der Waals surface area contributed by atoms with Crippen molar-refractivity contribution in [1.82, 2.24) is 4.98 Å². The molecular formula is C22H19ClN2O4. The number of fused-ring (bicyclic) bond motifs is 1. The van der Waals surface area contributed by atoms with Crippen LogP contribution < -0.4 is 10.1 Å². The molecule has 0 saturated heterocycles. The Kier molecular flexibility index (Phi) is 6.46. The van der Waals surface area contributed by atoms with Gasteiger partial charge in [-0.1, -0.05) is 29.8 Å². The van der Waals surface area contributed by atoms with E-state index in [1.54, 1.807) is 25.3 Å². The lowest BCUT2D eigenvalue weighted by molar-refractivity contribution is -0.148. The average molecular weight is 411 g/mol. The summed E-state index contributed by atoms with van der Waals surface area (Å²) in [6, 6.07) is 14.8. The second-order valence-electron chi connectivity index (χ2n) is 6.22. The Morgan fingerprint density at radius 3 is 2.66 bits per heavy atom. The molecular weight excluding hydrogens is 392 g/mol. The number of anilines is 1. The number of nitrogens with one attached hydrogen (secondary N) is 1. The molecule has 3 rings (SSSR count). The Balaban J connectivity index is 1.60. The zero-order chi connectivity index (χ0) is 20.8. The fourth-order valence-electron chi connectivity index (χ4n) is 2.62. The highest BCUT2D eigenvalue weighted by Crippen LogP contribution is 2.22. The molecule has 29 heavy (non-hydrogen) atoms. The second kappa shape index (κ2) is 9.21. The van der Waals surface area contributed by atoms with Gasteiger partial charge in [-0.2, -0.15) is 0 Å². The van der Waals surface area contributed by atoms with Gasteiger partial charge in [0.2, 0.25) is 0 Å². The number of carbonyl (C=O) groups excluding carboxylic acids is 2. The molecule has 1 atom stereocenters. The summed E-state index contributed by atoms with van der Waals surface area (Å²) in [6.07, 6.45) is 3.43. The molecule has 2 aromatic carbocycles. The van der Waals surface area contributed by atoms with Crippen molar-refractivity contribution in [3.63, 3.8) is 0 Å². The number of hydrogen-bond acceptors (Lipinski definition) is 5. The quantitative estimate of drug-likeness (QED) is 0.368. The number of carbonyl (C=O) groups is 2. The molecule has 3 aromatic rings. The number of hydrogen-bond donors (Lipinski definition) is 1. The summed E-state index contributed by atoms with van der Waals surface area (Å²) >= 11 is 5.90. The van der Waals surface area contributed by atoms with E-state index in [-0.39, 0.29) is 5.15 Å². The van der Waals surface area contributed by atoms with Crippen molar-refractivity contribution < 1.29 is 19.1 Å². The van der Waals surface area contributed by atoms with E-state index < -0.39 is 18.0 Å². The van der Waals surface area contributed by atoms with Crippen molar-refractivity contribution in [2.24, 2.45) is 0 Å². The van der Waals surface area contributed by atoms with E-state index in [1.807, 2.05) is 36.4 Å². The van der Waals surface area contributed by atoms with E-state index in [9.17, 15) is 9.59 Å². The van der Waals surface area contributed by atoms with Gasteiger partial charge in [0.15, 0.2) is 11.3 Å². The number of esters is 1. The topological polar surface area (TPSA) is 77.5 Å². The number of halogens is 1. The third kappa shape index (κ3) is 5.33. The van der Waals surface area contributed by atoms with Crippen LogP contribution >= 0.6 is 11.6 Å². The number of nitrogens with zero attached hydrogens (tertiary/aromatic N) is 1. The van der Waals surface area contributed by atoms with Gasteiger partial charge in [0.1, 0.15) is 5.75 Å². The molecule has 1 heterocycles. The van der Waals surface area contributed by atoms with Crippen molar-refractivity contribution in [2.45, 2.75) is 13.0 Å². The van der Waals surface area contributed by atoms with Crippen LogP contribution in [0.1, 0.15) is 12.5 Å². The second-order valence-corrected chi connectivity index (χ2v) is 6.57. The first kappa shape index (κ1) is 20.4. The Morgan fingerprint density at radius 2 is 1.90 bits per heavy atom. The van der Waals surface area contributed by atoms with Crippen LogP contribution in [0.5, 0.6) is 5.75 Å². The molecule has 6 nitrogen and oxygen atoms in total. The van der Waals surface area contributed by atoms with Gasteiger partial charge in [0, 0.05) is 12.3 Å². The number of benzene rings is 2. The normalized spacial score (nSPS) is 12.0. The Labute approximate surface area is 173 Å². The molecule has 0 aliphatic rings. The Bertz CT molecular complexity index is 1080. The molecule has 0 saturated carbocycles. The van der Waals surface area contributed by atoms with E-state index in [0.29, 0.717) is 5.69 Å². The zero-order valence-corrected chi connectivity index (χ0v) is 16.6. The minimum absolute atomic E-state index is 0.160. The van der Waals surface area contributed by atoms with Gasteiger partial charge in [-0.3, -0.25) is 4.79 Å². The maximum atomic E-state index is 12.2. The zero-order valence-electron chi connectivity index (χ0n) is 15.9. The third-order valence-corrected chi connectivity index (χ3v) is 4.46. The monoisotopic (exact) mass is 410 g/mol. The molecule has 1 N–H and O–H groups in total. The lowest BCUT2D eigenvalue weighted by atomic mass is 10.1. The number of aromatic nitrogens is 1. The van der Waals surface area contributed by atoms with Crippen molar-refractivity contribution >= 4 is 46.0 Å². The first-order valence-electron chi connectivity index (χ1n) is 8.84. The molecule has 0 unspecified atom stereocenters. The summed E-state index contributed by atoms with van der Waals surface area (Å²) in [4.78, 5) is 28.1. The van der Waals surface area contributed by atoms with Gasteiger partial charge in [0.05, 0.1) is 12.8 Å². The van der Waals surface area contributed by atoms with E-state index in [0.717, 1.165) is 22.1 Å². The fourth-order valence-corrected chi connectivity index (χ4v) is 2.78. The summed E-state index contributed by atoms with van der Waals surface area (Å²) in [7, 11) is 1.62. The smallest absolute Gasteiger partial charge is 0.331 e. The highest BCUT2D eigenvalue weighted by molar-refractivity contribution is 6.32. The highest BCUT2D eigenvalue weighted by Gasteiger charge is 2.17. The number of amides is 1. The van der Waals surface area contributed by atoms with Gasteiger partial charge < -0.3 is 14.8 Å². The largest absolute Gasteiger partial charge is 0.497 e. The highest BCUT2D eigenvalue weighted by atomic mass is 35.5. The van der Waals surface area contributed by atoms with Crippen LogP contribution in [-0.2, 0) is 14.3 Å². The third-order valence-electron chi connectivity index (χ3n) is 4.16. The van der Waals surface area contributed by atoms with Crippen molar-refractivity contribution in [2.75, 3.05) is 12.4 Å². The Hall–Kier alpha value is -3.38. The maximum Gasteiger partial charge on any atom is 0.331 e. The van der Waals surface area contributed by atoms with E-state index in [2.05, 4.69) is 10.3 Å². The SMILES string of the molecule is COc1ccc2cc(/C=C/C(=O)O[C@H](C)C(=O)Nc3cccnc3Cl)ccc2c1. The lowest BCUT2D eigenvalue weighted by Gasteiger charge is -2.12. The summed E-state index contributed by atoms with van der Waals surface area (Å²) in [5.74, 6) is -0.342. The van der Waals surface area contributed by atoms with Crippen LogP contribution in [0.25, 0.3) is 16.8 Å². The van der Waals surface area contributed by atoms with Gasteiger partial charge in [-0.15, -0.1) is 0 Å². The number of rotatable bonds is 6. The molecule has 1 aromatic heterocycles. The van der Waals surface area contributed by atoms with Crippen LogP contribution in [-0.4, -0.2) is 30.1 Å². The summed E-state index contributed by atoms with van der Waals surface area (Å²) in [6.45, 7) is 1.48. The van der Waals surface area contributed by atoms with Crippen molar-refractivity contribution in [3.05, 3.63) is 71.5 Å². The molecule has 7 heteroatoms. The van der Waals surface area contributed by atoms with E-state index in [1.165, 1.54) is 19.2 Å². The van der Waals surface area contributed by atoms with Gasteiger partial charge in [-0.25, -0.2) is 9.78 Å². The minimum atomic E-state index is -0.993. The molecule has 1 amide bonds. The van der Waals surface area contributed by atoms with Gasteiger partial charge in [0.25, 0.3) is 5.91 Å². The predicted octanol–water partition coefficient (Wildman–Crippen LogP) is 4.48. The summed E-state index contributed by atoms with van der Waals surface area (Å²) in [5, 5.41) is 4.78. The fraction of sp³-hybridized carbons (Fsp3) is 0.136. The molecule has 0 aliphatic carbocycles. The van der Waals surface area contributed by atoms with Crippen LogP contribution in [0.4, 0.5) is 5.69 Å². The molecule has 0 spiro atoms. The standard InChI is InChI=1S/C22H19ClN2O4/c1-14(22(27)25-19-4-3-11-24-21(19)23)29-20(26)10-6-15-5-7-17-13-18(28-2)9-8-16(17)12-15/h3-14H,1-2H3,(H,25,27)/b10-6+/t14-/m1/s1. The van der Waals surface area contributed by atoms with Crippen molar-refractivity contribution in [1.29, 1.82) is 0 Å².